The highest BCUT2D eigenvalue weighted by Crippen LogP contribution is 2.36. The van der Waals surface area contributed by atoms with Crippen LogP contribution in [0.2, 0.25) is 0 Å². The van der Waals surface area contributed by atoms with E-state index in [1.165, 1.54) is 0 Å². The molecule has 5 nitrogen and oxygen atoms in total. The van der Waals surface area contributed by atoms with E-state index in [2.05, 4.69) is 5.32 Å². The summed E-state index contributed by atoms with van der Waals surface area (Å²) in [4.78, 5) is 13.6. The van der Waals surface area contributed by atoms with Gasteiger partial charge in [-0.2, -0.15) is 0 Å². The molecular formula is C20H21N3O2. The van der Waals surface area contributed by atoms with Crippen LogP contribution in [-0.2, 0) is 0 Å². The summed E-state index contributed by atoms with van der Waals surface area (Å²) in [6.07, 6.45) is 0. The first-order valence-corrected chi connectivity index (χ1v) is 8.01. The Hall–Kier alpha value is -3.21. The van der Waals surface area contributed by atoms with Crippen LogP contribution in [0.3, 0.4) is 0 Å². The second kappa shape index (κ2) is 6.73. The summed E-state index contributed by atoms with van der Waals surface area (Å²) in [7, 11) is 3.93. The third-order valence-corrected chi connectivity index (χ3v) is 4.27. The summed E-state index contributed by atoms with van der Waals surface area (Å²) in [5.74, 6) is 0.120. The minimum atomic E-state index is -0.644. The molecule has 0 fully saturated rings. The number of amides is 2. The van der Waals surface area contributed by atoms with Crippen LogP contribution in [0.4, 0.5) is 10.5 Å². The number of nitrogens with one attached hydrogen (secondary N) is 1. The monoisotopic (exact) mass is 335 g/mol. The molecule has 2 amide bonds. The number of hydrogen-bond acceptors (Lipinski definition) is 3. The van der Waals surface area contributed by atoms with Crippen molar-refractivity contribution in [3.05, 3.63) is 71.8 Å². The molecule has 3 rings (SSSR count). The number of nitrogens with zero attached hydrogens (tertiary/aromatic N) is 1. The highest BCUT2D eigenvalue weighted by molar-refractivity contribution is 5.89. The van der Waals surface area contributed by atoms with E-state index in [0.717, 1.165) is 22.0 Å². The van der Waals surface area contributed by atoms with E-state index in [9.17, 15) is 9.90 Å². The van der Waals surface area contributed by atoms with Crippen LogP contribution in [-0.4, -0.2) is 25.2 Å². The van der Waals surface area contributed by atoms with E-state index in [-0.39, 0.29) is 5.75 Å². The summed E-state index contributed by atoms with van der Waals surface area (Å²) in [5.41, 5.74) is 7.92. The Morgan fingerprint density at radius 1 is 1.04 bits per heavy atom. The third kappa shape index (κ3) is 3.35. The van der Waals surface area contributed by atoms with Crippen molar-refractivity contribution in [2.75, 3.05) is 19.0 Å². The quantitative estimate of drug-likeness (QED) is 0.684. The molecule has 25 heavy (non-hydrogen) atoms. The number of rotatable bonds is 4. The molecule has 3 aromatic rings. The maximum atomic E-state index is 11.6. The number of benzene rings is 3. The van der Waals surface area contributed by atoms with E-state index in [1.807, 2.05) is 73.6 Å². The van der Waals surface area contributed by atoms with Gasteiger partial charge in [-0.25, -0.2) is 4.79 Å². The van der Waals surface area contributed by atoms with E-state index < -0.39 is 12.1 Å². The van der Waals surface area contributed by atoms with Gasteiger partial charge in [-0.15, -0.1) is 0 Å². The molecule has 0 radical (unpaired) electrons. The van der Waals surface area contributed by atoms with Crippen molar-refractivity contribution in [2.45, 2.75) is 6.04 Å². The van der Waals surface area contributed by atoms with Crippen LogP contribution >= 0.6 is 0 Å². The summed E-state index contributed by atoms with van der Waals surface area (Å²) >= 11 is 0. The zero-order valence-corrected chi connectivity index (χ0v) is 14.2. The minimum absolute atomic E-state index is 0.120. The normalized spacial score (nSPS) is 11.9. The molecule has 0 spiro atoms. The van der Waals surface area contributed by atoms with E-state index in [1.54, 1.807) is 6.07 Å². The SMILES string of the molecule is CN(C)c1ccc(C(NC(N)=O)c2c(O)ccc3ccccc23)cc1. The molecule has 4 N–H and O–H groups in total. The van der Waals surface area contributed by atoms with Gasteiger partial charge in [0.25, 0.3) is 0 Å². The lowest BCUT2D eigenvalue weighted by molar-refractivity contribution is 0.247. The van der Waals surface area contributed by atoms with Gasteiger partial charge < -0.3 is 21.1 Å². The van der Waals surface area contributed by atoms with Gasteiger partial charge in [0.15, 0.2) is 0 Å². The Balaban J connectivity index is 2.17. The van der Waals surface area contributed by atoms with Crippen molar-refractivity contribution in [1.29, 1.82) is 0 Å². The van der Waals surface area contributed by atoms with Gasteiger partial charge in [-0.05, 0) is 34.5 Å². The standard InChI is InChI=1S/C20H21N3O2/c1-23(2)15-10-7-14(8-11-15)19(22-20(21)25)18-16-6-4-3-5-13(16)9-12-17(18)24/h3-12,19,24H,1-2H3,(H3,21,22,25). The second-order valence-electron chi connectivity index (χ2n) is 6.15. The lowest BCUT2D eigenvalue weighted by Crippen LogP contribution is -2.34. The van der Waals surface area contributed by atoms with E-state index in [0.29, 0.717) is 5.56 Å². The topological polar surface area (TPSA) is 78.6 Å². The van der Waals surface area contributed by atoms with Crippen molar-refractivity contribution in [1.82, 2.24) is 5.32 Å². The molecule has 0 aromatic heterocycles. The van der Waals surface area contributed by atoms with Crippen molar-refractivity contribution in [3.63, 3.8) is 0 Å². The van der Waals surface area contributed by atoms with Crippen LogP contribution in [0.25, 0.3) is 10.8 Å². The van der Waals surface area contributed by atoms with Crippen molar-refractivity contribution in [3.8, 4) is 5.75 Å². The average molecular weight is 335 g/mol. The van der Waals surface area contributed by atoms with Crippen LogP contribution < -0.4 is 16.0 Å². The molecule has 128 valence electrons. The Morgan fingerprint density at radius 2 is 1.72 bits per heavy atom. The molecule has 0 saturated heterocycles. The summed E-state index contributed by atoms with van der Waals surface area (Å²) in [6, 6.07) is 17.8. The van der Waals surface area contributed by atoms with Gasteiger partial charge >= 0.3 is 6.03 Å². The number of carbonyl (C=O) groups is 1. The maximum absolute atomic E-state index is 11.6. The molecule has 1 atom stereocenters. The average Bonchev–Trinajstić information content (AvgIpc) is 2.60. The first-order chi connectivity index (χ1) is 12.0. The highest BCUT2D eigenvalue weighted by atomic mass is 16.3. The highest BCUT2D eigenvalue weighted by Gasteiger charge is 2.21. The van der Waals surface area contributed by atoms with Crippen LogP contribution in [0.5, 0.6) is 5.75 Å². The number of phenols is 1. The van der Waals surface area contributed by atoms with Crippen LogP contribution in [0.1, 0.15) is 17.2 Å². The fraction of sp³-hybridized carbons (Fsp3) is 0.150. The Labute approximate surface area is 146 Å². The van der Waals surface area contributed by atoms with Gasteiger partial charge in [-0.3, -0.25) is 0 Å². The number of urea groups is 1. The van der Waals surface area contributed by atoms with Crippen molar-refractivity contribution >= 4 is 22.5 Å². The van der Waals surface area contributed by atoms with E-state index >= 15 is 0 Å². The Morgan fingerprint density at radius 3 is 2.36 bits per heavy atom. The number of nitrogens with two attached hydrogens (primary N) is 1. The maximum Gasteiger partial charge on any atom is 0.312 e. The zero-order valence-electron chi connectivity index (χ0n) is 14.2. The molecule has 0 aliphatic rings. The fourth-order valence-electron chi connectivity index (χ4n) is 3.02. The predicted octanol–water partition coefficient (Wildman–Crippen LogP) is 3.37. The molecule has 3 aromatic carbocycles. The molecular weight excluding hydrogens is 314 g/mol. The predicted molar refractivity (Wildman–Crippen MR) is 101 cm³/mol. The second-order valence-corrected chi connectivity index (χ2v) is 6.15. The van der Waals surface area contributed by atoms with Crippen LogP contribution in [0.15, 0.2) is 60.7 Å². The van der Waals surface area contributed by atoms with Gasteiger partial charge in [0.1, 0.15) is 5.75 Å². The van der Waals surface area contributed by atoms with Crippen molar-refractivity contribution < 1.29 is 9.90 Å². The van der Waals surface area contributed by atoms with Gasteiger partial charge in [0, 0.05) is 25.3 Å². The first kappa shape index (κ1) is 16.6. The number of phenolic OH excluding ortho intramolecular Hbond substituents is 1. The molecule has 0 aliphatic heterocycles. The zero-order chi connectivity index (χ0) is 18.0. The third-order valence-electron chi connectivity index (χ3n) is 4.27. The fourth-order valence-corrected chi connectivity index (χ4v) is 3.02. The van der Waals surface area contributed by atoms with Gasteiger partial charge in [-0.1, -0.05) is 42.5 Å². The van der Waals surface area contributed by atoms with Crippen molar-refractivity contribution in [2.24, 2.45) is 5.73 Å². The number of carbonyl (C=O) groups excluding carboxylic acids is 1. The smallest absolute Gasteiger partial charge is 0.312 e. The van der Waals surface area contributed by atoms with Gasteiger partial charge in [0.2, 0.25) is 0 Å². The number of primary amides is 1. The lowest BCUT2D eigenvalue weighted by atomic mass is 9.92. The molecule has 0 heterocycles. The van der Waals surface area contributed by atoms with E-state index in [4.69, 9.17) is 5.73 Å². The Kier molecular flexibility index (Phi) is 4.48. The Bertz CT molecular complexity index is 904. The first-order valence-electron chi connectivity index (χ1n) is 8.01. The van der Waals surface area contributed by atoms with Crippen LogP contribution in [0, 0.1) is 0 Å². The molecule has 0 aliphatic carbocycles. The minimum Gasteiger partial charge on any atom is -0.508 e. The molecule has 5 heteroatoms. The summed E-state index contributed by atoms with van der Waals surface area (Å²) in [6.45, 7) is 0. The molecule has 0 saturated carbocycles. The number of anilines is 1. The molecule has 1 unspecified atom stereocenters. The number of fused-ring (bicyclic) bond motifs is 1. The van der Waals surface area contributed by atoms with Gasteiger partial charge in [0.05, 0.1) is 6.04 Å². The molecule has 0 bridgehead atoms. The lowest BCUT2D eigenvalue weighted by Gasteiger charge is -2.22. The number of aromatic hydroxyl groups is 1. The largest absolute Gasteiger partial charge is 0.508 e. The summed E-state index contributed by atoms with van der Waals surface area (Å²) < 4.78 is 0. The summed E-state index contributed by atoms with van der Waals surface area (Å²) in [5, 5.41) is 15.1. The number of hydrogen-bond donors (Lipinski definition) is 3.